The Labute approximate surface area is 143 Å². The van der Waals surface area contributed by atoms with Crippen molar-refractivity contribution < 1.29 is 4.79 Å². The van der Waals surface area contributed by atoms with E-state index in [-0.39, 0.29) is 5.91 Å². The highest BCUT2D eigenvalue weighted by atomic mass is 16.1. The third kappa shape index (κ3) is 3.55. The van der Waals surface area contributed by atoms with Crippen LogP contribution in [0.3, 0.4) is 0 Å². The number of aryl methyl sites for hydroxylation is 3. The second-order valence-electron chi connectivity index (χ2n) is 6.52. The Hall–Kier alpha value is -2.43. The maximum absolute atomic E-state index is 12.6. The topological polar surface area (TPSA) is 58.1 Å². The average molecular weight is 324 g/mol. The molecule has 0 spiro atoms. The molecule has 126 valence electrons. The van der Waals surface area contributed by atoms with Crippen molar-refractivity contribution in [3.63, 3.8) is 0 Å². The van der Waals surface area contributed by atoms with Crippen molar-refractivity contribution in [1.82, 2.24) is 9.97 Å². The Morgan fingerprint density at radius 2 is 1.75 bits per heavy atom. The number of rotatable bonds is 3. The zero-order valence-corrected chi connectivity index (χ0v) is 14.6. The molecule has 0 unspecified atom stereocenters. The summed E-state index contributed by atoms with van der Waals surface area (Å²) < 4.78 is 0. The number of hydrogen-bond donors (Lipinski definition) is 1. The second kappa shape index (κ2) is 6.99. The lowest BCUT2D eigenvalue weighted by Crippen LogP contribution is -2.31. The molecule has 0 radical (unpaired) electrons. The molecule has 1 saturated heterocycles. The van der Waals surface area contributed by atoms with Crippen molar-refractivity contribution in [3.8, 4) is 0 Å². The van der Waals surface area contributed by atoms with Gasteiger partial charge in [-0.2, -0.15) is 0 Å². The second-order valence-corrected chi connectivity index (χ2v) is 6.52. The van der Waals surface area contributed by atoms with Gasteiger partial charge in [0, 0.05) is 25.0 Å². The molecule has 1 aromatic carbocycles. The molecule has 2 heterocycles. The number of anilines is 2. The fourth-order valence-corrected chi connectivity index (χ4v) is 3.28. The molecule has 0 aliphatic carbocycles. The third-order valence-corrected chi connectivity index (χ3v) is 4.43. The molecular formula is C19H24N4O. The molecule has 1 amide bonds. The van der Waals surface area contributed by atoms with Crippen LogP contribution in [0.2, 0.25) is 0 Å². The van der Waals surface area contributed by atoms with Crippen LogP contribution in [-0.4, -0.2) is 29.0 Å². The smallest absolute Gasteiger partial charge is 0.274 e. The molecule has 0 atom stereocenters. The largest absolute Gasteiger partial charge is 0.341 e. The van der Waals surface area contributed by atoms with Gasteiger partial charge in [0.2, 0.25) is 5.95 Å². The number of carbonyl (C=O) groups excluding carboxylic acids is 1. The van der Waals surface area contributed by atoms with E-state index in [0.29, 0.717) is 11.6 Å². The molecular weight excluding hydrogens is 300 g/mol. The summed E-state index contributed by atoms with van der Waals surface area (Å²) in [6, 6.07) is 5.81. The van der Waals surface area contributed by atoms with Crippen molar-refractivity contribution in [2.24, 2.45) is 0 Å². The highest BCUT2D eigenvalue weighted by Gasteiger charge is 2.17. The Kier molecular flexibility index (Phi) is 4.79. The van der Waals surface area contributed by atoms with E-state index in [0.717, 1.165) is 42.7 Å². The monoisotopic (exact) mass is 324 g/mol. The van der Waals surface area contributed by atoms with Gasteiger partial charge in [-0.1, -0.05) is 17.7 Å². The van der Waals surface area contributed by atoms with Gasteiger partial charge >= 0.3 is 0 Å². The van der Waals surface area contributed by atoms with E-state index in [1.165, 1.54) is 12.0 Å². The lowest BCUT2D eigenvalue weighted by atomic mass is 10.1. The summed E-state index contributed by atoms with van der Waals surface area (Å²) in [5, 5.41) is 3.00. The number of hydrogen-bond acceptors (Lipinski definition) is 4. The first-order valence-electron chi connectivity index (χ1n) is 8.52. The predicted octanol–water partition coefficient (Wildman–Crippen LogP) is 3.64. The fourth-order valence-electron chi connectivity index (χ4n) is 3.28. The summed E-state index contributed by atoms with van der Waals surface area (Å²) in [4.78, 5) is 23.6. The molecule has 0 saturated carbocycles. The van der Waals surface area contributed by atoms with Crippen LogP contribution in [0, 0.1) is 20.8 Å². The first-order chi connectivity index (χ1) is 11.5. The van der Waals surface area contributed by atoms with Crippen molar-refractivity contribution in [1.29, 1.82) is 0 Å². The van der Waals surface area contributed by atoms with E-state index in [1.807, 2.05) is 13.8 Å². The van der Waals surface area contributed by atoms with Gasteiger partial charge in [0.15, 0.2) is 0 Å². The van der Waals surface area contributed by atoms with Crippen LogP contribution in [0.1, 0.15) is 46.4 Å². The highest BCUT2D eigenvalue weighted by molar-refractivity contribution is 6.03. The maximum Gasteiger partial charge on any atom is 0.274 e. The Morgan fingerprint density at radius 1 is 1.08 bits per heavy atom. The van der Waals surface area contributed by atoms with Crippen molar-refractivity contribution in [2.75, 3.05) is 23.3 Å². The average Bonchev–Trinajstić information content (AvgIpc) is 2.59. The highest BCUT2D eigenvalue weighted by Crippen LogP contribution is 2.23. The summed E-state index contributed by atoms with van der Waals surface area (Å²) in [7, 11) is 0. The lowest BCUT2D eigenvalue weighted by Gasteiger charge is -2.26. The first kappa shape index (κ1) is 16.4. The summed E-state index contributed by atoms with van der Waals surface area (Å²) in [6.45, 7) is 7.99. The normalized spacial score (nSPS) is 14.5. The van der Waals surface area contributed by atoms with E-state index in [1.54, 1.807) is 12.3 Å². The number of carbonyl (C=O) groups is 1. The van der Waals surface area contributed by atoms with Crippen LogP contribution >= 0.6 is 0 Å². The molecule has 5 heteroatoms. The van der Waals surface area contributed by atoms with Gasteiger partial charge in [-0.15, -0.1) is 0 Å². The van der Waals surface area contributed by atoms with E-state index in [9.17, 15) is 4.79 Å². The Morgan fingerprint density at radius 3 is 2.42 bits per heavy atom. The Bertz CT molecular complexity index is 728. The molecule has 1 aliphatic heterocycles. The molecule has 24 heavy (non-hydrogen) atoms. The minimum Gasteiger partial charge on any atom is -0.341 e. The standard InChI is InChI=1S/C19H24N4O/c1-13-11-14(2)17(15(3)12-13)22-18(24)16-7-8-20-19(21-16)23-9-5-4-6-10-23/h7-8,11-12H,4-6,9-10H2,1-3H3,(H,22,24). The zero-order chi connectivity index (χ0) is 17.1. The molecule has 2 aromatic rings. The minimum atomic E-state index is -0.189. The van der Waals surface area contributed by atoms with Crippen LogP contribution in [0.5, 0.6) is 0 Å². The van der Waals surface area contributed by atoms with Gasteiger partial charge in [0.25, 0.3) is 5.91 Å². The SMILES string of the molecule is Cc1cc(C)c(NC(=O)c2ccnc(N3CCCCC3)n2)c(C)c1. The van der Waals surface area contributed by atoms with Gasteiger partial charge in [-0.3, -0.25) is 4.79 Å². The number of piperidine rings is 1. The van der Waals surface area contributed by atoms with Crippen LogP contribution in [0.15, 0.2) is 24.4 Å². The number of amides is 1. The summed E-state index contributed by atoms with van der Waals surface area (Å²) >= 11 is 0. The predicted molar refractivity (Wildman–Crippen MR) is 96.7 cm³/mol. The quantitative estimate of drug-likeness (QED) is 0.936. The molecule has 1 aromatic heterocycles. The fraction of sp³-hybridized carbons (Fsp3) is 0.421. The van der Waals surface area contributed by atoms with E-state index < -0.39 is 0 Å². The first-order valence-corrected chi connectivity index (χ1v) is 8.52. The van der Waals surface area contributed by atoms with Crippen LogP contribution in [0.4, 0.5) is 11.6 Å². The number of nitrogens with one attached hydrogen (secondary N) is 1. The number of aromatic nitrogens is 2. The minimum absolute atomic E-state index is 0.189. The summed E-state index contributed by atoms with van der Waals surface area (Å²) in [6.07, 6.45) is 5.23. The van der Waals surface area contributed by atoms with E-state index >= 15 is 0 Å². The maximum atomic E-state index is 12.6. The van der Waals surface area contributed by atoms with Gasteiger partial charge in [-0.05, 0) is 57.2 Å². The van der Waals surface area contributed by atoms with Crippen molar-refractivity contribution >= 4 is 17.5 Å². The molecule has 0 bridgehead atoms. The van der Waals surface area contributed by atoms with Crippen molar-refractivity contribution in [2.45, 2.75) is 40.0 Å². The van der Waals surface area contributed by atoms with Crippen molar-refractivity contribution in [3.05, 3.63) is 46.8 Å². The number of nitrogens with zero attached hydrogens (tertiary/aromatic N) is 3. The molecule has 3 rings (SSSR count). The molecule has 1 N–H and O–H groups in total. The number of benzene rings is 1. The molecule has 5 nitrogen and oxygen atoms in total. The van der Waals surface area contributed by atoms with Gasteiger partial charge in [0.05, 0.1) is 0 Å². The van der Waals surface area contributed by atoms with Crippen LogP contribution in [-0.2, 0) is 0 Å². The third-order valence-electron chi connectivity index (χ3n) is 4.43. The summed E-state index contributed by atoms with van der Waals surface area (Å²) in [5.41, 5.74) is 4.59. The van der Waals surface area contributed by atoms with E-state index in [2.05, 4.69) is 39.2 Å². The van der Waals surface area contributed by atoms with Gasteiger partial charge in [-0.25, -0.2) is 9.97 Å². The molecule has 1 aliphatic rings. The van der Waals surface area contributed by atoms with Gasteiger partial charge in [0.1, 0.15) is 5.69 Å². The zero-order valence-electron chi connectivity index (χ0n) is 14.6. The summed E-state index contributed by atoms with van der Waals surface area (Å²) in [5.74, 6) is 0.463. The van der Waals surface area contributed by atoms with Gasteiger partial charge < -0.3 is 10.2 Å². The molecule has 1 fully saturated rings. The lowest BCUT2D eigenvalue weighted by molar-refractivity contribution is 0.102. The van der Waals surface area contributed by atoms with E-state index in [4.69, 9.17) is 0 Å². The van der Waals surface area contributed by atoms with Crippen LogP contribution in [0.25, 0.3) is 0 Å². The Balaban J connectivity index is 1.80. The van der Waals surface area contributed by atoms with Crippen LogP contribution < -0.4 is 10.2 Å².